The van der Waals surface area contributed by atoms with Crippen molar-refractivity contribution in [2.24, 2.45) is 0 Å². The molecule has 1 N–H and O–H groups in total. The molecule has 182 valence electrons. The molecular weight excluding hydrogens is 501 g/mol. The standard InChI is InChI=1S/C22H18F5NO4S2/c1-11-8-16(15(31-3)9-17(11)34-22(26,27)20(29)30)32-10-18-12(2)28-19(33-18)13-4-6-14(7-5-13)21(23,24)25/h4-9H,10H2,1-3H3,(H,29,30). The number of hydrogen-bond acceptors (Lipinski definition) is 6. The quantitative estimate of drug-likeness (QED) is 0.261. The van der Waals surface area contributed by atoms with E-state index in [1.54, 1.807) is 6.92 Å². The van der Waals surface area contributed by atoms with E-state index in [4.69, 9.17) is 14.6 Å². The highest BCUT2D eigenvalue weighted by atomic mass is 32.2. The lowest BCUT2D eigenvalue weighted by molar-refractivity contribution is -0.152. The fourth-order valence-corrected chi connectivity index (χ4v) is 4.57. The summed E-state index contributed by atoms with van der Waals surface area (Å²) in [4.78, 5) is 15.9. The molecule has 0 unspecified atom stereocenters. The summed E-state index contributed by atoms with van der Waals surface area (Å²) in [5.74, 6) is -1.85. The van der Waals surface area contributed by atoms with Crippen molar-refractivity contribution in [1.29, 1.82) is 0 Å². The summed E-state index contributed by atoms with van der Waals surface area (Å²) in [6.07, 6.45) is -4.43. The number of alkyl halides is 5. The molecule has 5 nitrogen and oxygen atoms in total. The van der Waals surface area contributed by atoms with Crippen LogP contribution in [0.5, 0.6) is 11.5 Å². The minimum Gasteiger partial charge on any atom is -0.493 e. The number of aryl methyl sites for hydroxylation is 2. The van der Waals surface area contributed by atoms with Crippen LogP contribution in [-0.4, -0.2) is 28.4 Å². The van der Waals surface area contributed by atoms with E-state index in [9.17, 15) is 26.7 Å². The molecule has 0 spiro atoms. The van der Waals surface area contributed by atoms with Gasteiger partial charge in [-0.2, -0.15) is 22.0 Å². The van der Waals surface area contributed by atoms with Crippen LogP contribution >= 0.6 is 23.1 Å². The Balaban J connectivity index is 1.78. The van der Waals surface area contributed by atoms with Gasteiger partial charge in [-0.15, -0.1) is 11.3 Å². The second kappa shape index (κ2) is 9.79. The van der Waals surface area contributed by atoms with Gasteiger partial charge in [-0.05, 0) is 55.4 Å². The van der Waals surface area contributed by atoms with Crippen LogP contribution in [0.2, 0.25) is 0 Å². The Hall–Kier alpha value is -2.86. The summed E-state index contributed by atoms with van der Waals surface area (Å²) in [5, 5.41) is 5.18. The topological polar surface area (TPSA) is 68.7 Å². The highest BCUT2D eigenvalue weighted by Gasteiger charge is 2.41. The summed E-state index contributed by atoms with van der Waals surface area (Å²) < 4.78 is 76.6. The highest BCUT2D eigenvalue weighted by Crippen LogP contribution is 2.42. The Morgan fingerprint density at radius 1 is 1.09 bits per heavy atom. The van der Waals surface area contributed by atoms with E-state index in [0.29, 0.717) is 26.7 Å². The zero-order valence-electron chi connectivity index (χ0n) is 18.0. The van der Waals surface area contributed by atoms with E-state index >= 15 is 0 Å². The molecule has 3 aromatic rings. The monoisotopic (exact) mass is 519 g/mol. The molecule has 0 amide bonds. The predicted molar refractivity (Wildman–Crippen MR) is 118 cm³/mol. The van der Waals surface area contributed by atoms with Crippen LogP contribution in [0.15, 0.2) is 41.3 Å². The maximum atomic E-state index is 13.6. The number of aliphatic carboxylic acids is 1. The van der Waals surface area contributed by atoms with Gasteiger partial charge in [0.2, 0.25) is 0 Å². The first-order valence-electron chi connectivity index (χ1n) is 9.57. The molecule has 1 aromatic heterocycles. The number of hydrogen-bond donors (Lipinski definition) is 1. The van der Waals surface area contributed by atoms with Gasteiger partial charge in [0.25, 0.3) is 0 Å². The number of nitrogens with zero attached hydrogens (tertiary/aromatic N) is 1. The zero-order chi connectivity index (χ0) is 25.3. The first kappa shape index (κ1) is 25.8. The number of carboxylic acids is 1. The van der Waals surface area contributed by atoms with Gasteiger partial charge in [-0.3, -0.25) is 0 Å². The number of methoxy groups -OCH3 is 1. The fraction of sp³-hybridized carbons (Fsp3) is 0.273. The fourth-order valence-electron chi connectivity index (χ4n) is 2.84. The molecule has 12 heteroatoms. The van der Waals surface area contributed by atoms with Gasteiger partial charge in [-0.1, -0.05) is 12.1 Å². The first-order chi connectivity index (χ1) is 15.8. The van der Waals surface area contributed by atoms with Crippen molar-refractivity contribution in [2.75, 3.05) is 7.11 Å². The second-order valence-corrected chi connectivity index (χ2v) is 9.32. The van der Waals surface area contributed by atoms with Gasteiger partial charge < -0.3 is 14.6 Å². The van der Waals surface area contributed by atoms with Crippen molar-refractivity contribution in [1.82, 2.24) is 4.98 Å². The summed E-state index contributed by atoms with van der Waals surface area (Å²) >= 11 is 1.14. The zero-order valence-corrected chi connectivity index (χ0v) is 19.6. The highest BCUT2D eigenvalue weighted by molar-refractivity contribution is 8.01. The SMILES string of the molecule is COc1cc(SC(F)(F)C(=O)O)c(C)cc1OCc1sc(-c2ccc(C(F)(F)F)cc2)nc1C. The summed E-state index contributed by atoms with van der Waals surface area (Å²) in [6, 6.07) is 7.42. The number of thioether (sulfide) groups is 1. The molecule has 34 heavy (non-hydrogen) atoms. The Morgan fingerprint density at radius 3 is 2.29 bits per heavy atom. The summed E-state index contributed by atoms with van der Waals surface area (Å²) in [5.41, 5.74) is 0.775. The second-order valence-electron chi connectivity index (χ2n) is 7.08. The van der Waals surface area contributed by atoms with Gasteiger partial charge in [0.1, 0.15) is 11.6 Å². The van der Waals surface area contributed by atoms with Crippen LogP contribution in [0.3, 0.4) is 0 Å². The maximum Gasteiger partial charge on any atom is 0.416 e. The van der Waals surface area contributed by atoms with Crippen molar-refractivity contribution in [3.63, 3.8) is 0 Å². The number of carbonyl (C=O) groups is 1. The summed E-state index contributed by atoms with van der Waals surface area (Å²) in [6.45, 7) is 3.32. The molecule has 2 aromatic carbocycles. The smallest absolute Gasteiger partial charge is 0.416 e. The minimum atomic E-state index is -4.43. The van der Waals surface area contributed by atoms with E-state index in [2.05, 4.69) is 4.98 Å². The van der Waals surface area contributed by atoms with Crippen molar-refractivity contribution >= 4 is 29.1 Å². The number of rotatable bonds is 8. The molecule has 0 saturated heterocycles. The molecule has 0 bridgehead atoms. The van der Waals surface area contributed by atoms with Gasteiger partial charge >= 0.3 is 17.4 Å². The molecule has 0 aliphatic carbocycles. The number of ether oxygens (including phenoxy) is 2. The molecule has 0 saturated carbocycles. The molecular formula is C22H18F5NO4S2. The molecule has 0 radical (unpaired) electrons. The van der Waals surface area contributed by atoms with Gasteiger partial charge in [0.15, 0.2) is 11.5 Å². The van der Waals surface area contributed by atoms with Crippen molar-refractivity contribution in [2.45, 2.75) is 36.8 Å². The Morgan fingerprint density at radius 2 is 1.74 bits per heavy atom. The third-order valence-corrected chi connectivity index (χ3v) is 6.93. The third-order valence-electron chi connectivity index (χ3n) is 4.66. The first-order valence-corrected chi connectivity index (χ1v) is 11.2. The van der Waals surface area contributed by atoms with Crippen LogP contribution in [-0.2, 0) is 17.6 Å². The normalized spacial score (nSPS) is 12.0. The van der Waals surface area contributed by atoms with Gasteiger partial charge in [-0.25, -0.2) is 9.78 Å². The number of benzene rings is 2. The Bertz CT molecular complexity index is 1190. The summed E-state index contributed by atoms with van der Waals surface area (Å²) in [7, 11) is 1.32. The van der Waals surface area contributed by atoms with Crippen LogP contribution in [0.4, 0.5) is 22.0 Å². The average molecular weight is 520 g/mol. The van der Waals surface area contributed by atoms with E-state index in [0.717, 1.165) is 12.1 Å². The minimum absolute atomic E-state index is 0.0233. The lowest BCUT2D eigenvalue weighted by Gasteiger charge is -2.16. The lowest BCUT2D eigenvalue weighted by atomic mass is 10.1. The van der Waals surface area contributed by atoms with Crippen molar-refractivity contribution in [3.05, 3.63) is 58.1 Å². The van der Waals surface area contributed by atoms with Crippen molar-refractivity contribution < 1.29 is 41.3 Å². The van der Waals surface area contributed by atoms with Gasteiger partial charge in [0.05, 0.1) is 23.2 Å². The molecule has 0 aliphatic rings. The Labute approximate surface area is 199 Å². The molecule has 0 fully saturated rings. The number of carboxylic acid groups (broad SMARTS) is 1. The molecule has 0 aliphatic heterocycles. The molecule has 0 atom stereocenters. The molecule has 3 rings (SSSR count). The predicted octanol–water partition coefficient (Wildman–Crippen LogP) is 6.80. The van der Waals surface area contributed by atoms with E-state index in [1.807, 2.05) is 0 Å². The number of aromatic nitrogens is 1. The number of thiazole rings is 1. The third kappa shape index (κ3) is 5.79. The molecule has 1 heterocycles. The van der Waals surface area contributed by atoms with Crippen LogP contribution < -0.4 is 9.47 Å². The van der Waals surface area contributed by atoms with Crippen LogP contribution in [0.25, 0.3) is 10.6 Å². The van der Waals surface area contributed by atoms with E-state index in [1.165, 1.54) is 49.6 Å². The average Bonchev–Trinajstić information content (AvgIpc) is 3.13. The van der Waals surface area contributed by atoms with E-state index < -0.39 is 23.0 Å². The number of halogens is 5. The largest absolute Gasteiger partial charge is 0.493 e. The van der Waals surface area contributed by atoms with E-state index in [-0.39, 0.29) is 34.8 Å². The van der Waals surface area contributed by atoms with Gasteiger partial charge in [0, 0.05) is 10.5 Å². The van der Waals surface area contributed by atoms with Crippen LogP contribution in [0.1, 0.15) is 21.7 Å². The Kier molecular flexibility index (Phi) is 7.41. The van der Waals surface area contributed by atoms with Crippen LogP contribution in [0, 0.1) is 13.8 Å². The lowest BCUT2D eigenvalue weighted by Crippen LogP contribution is -2.23. The maximum absolute atomic E-state index is 13.6. The van der Waals surface area contributed by atoms with Crippen molar-refractivity contribution in [3.8, 4) is 22.1 Å².